The molecule has 0 radical (unpaired) electrons. The summed E-state index contributed by atoms with van der Waals surface area (Å²) >= 11 is 0. The van der Waals surface area contributed by atoms with Crippen molar-refractivity contribution in [3.05, 3.63) is 12.3 Å². The summed E-state index contributed by atoms with van der Waals surface area (Å²) in [5.41, 5.74) is 0. The standard InChI is InChI=1S/C21H44NO.ClH/c1-6-10-11-12-13-14-15-16-17-18-19-23-21(5)20-22(7-2,8-3)9-4;/h5-20H2,1-4H3;1H/q+1;/p-1. The van der Waals surface area contributed by atoms with Crippen LogP contribution in [0.15, 0.2) is 12.3 Å². The third-order valence-electron chi connectivity index (χ3n) is 5.33. The molecule has 0 unspecified atom stereocenters. The van der Waals surface area contributed by atoms with Crippen LogP contribution in [0.2, 0.25) is 0 Å². The second-order valence-corrected chi connectivity index (χ2v) is 7.02. The minimum Gasteiger partial charge on any atom is -1.00 e. The SMILES string of the molecule is C=C(C[N+](CC)(CC)CC)OCCCCCCCCCCCC.[Cl-]. The van der Waals surface area contributed by atoms with Gasteiger partial charge in [0.05, 0.1) is 26.2 Å². The van der Waals surface area contributed by atoms with Crippen molar-refractivity contribution in [3.63, 3.8) is 0 Å². The summed E-state index contributed by atoms with van der Waals surface area (Å²) in [6, 6.07) is 0. The molecule has 24 heavy (non-hydrogen) atoms. The van der Waals surface area contributed by atoms with E-state index in [1.807, 2.05) is 0 Å². The monoisotopic (exact) mass is 361 g/mol. The summed E-state index contributed by atoms with van der Waals surface area (Å²) in [5, 5.41) is 0. The van der Waals surface area contributed by atoms with Crippen molar-refractivity contribution in [2.24, 2.45) is 0 Å². The van der Waals surface area contributed by atoms with Crippen LogP contribution in [0.25, 0.3) is 0 Å². The van der Waals surface area contributed by atoms with Gasteiger partial charge in [-0.15, -0.1) is 0 Å². The molecule has 2 nitrogen and oxygen atoms in total. The molecule has 0 bridgehead atoms. The molecule has 0 aromatic rings. The van der Waals surface area contributed by atoms with Crippen molar-refractivity contribution in [2.75, 3.05) is 32.8 Å². The maximum Gasteiger partial charge on any atom is 0.143 e. The molecule has 0 rings (SSSR count). The highest BCUT2D eigenvalue weighted by Gasteiger charge is 2.22. The largest absolute Gasteiger partial charge is 1.00 e. The number of hydrogen-bond acceptors (Lipinski definition) is 1. The molecule has 0 spiro atoms. The van der Waals surface area contributed by atoms with Gasteiger partial charge in [-0.1, -0.05) is 71.3 Å². The minimum absolute atomic E-state index is 0. The number of hydrogen-bond donors (Lipinski definition) is 0. The maximum atomic E-state index is 5.86. The quantitative estimate of drug-likeness (QED) is 0.219. The Labute approximate surface area is 159 Å². The summed E-state index contributed by atoms with van der Waals surface area (Å²) in [7, 11) is 0. The summed E-state index contributed by atoms with van der Waals surface area (Å²) in [6.07, 6.45) is 13.7. The van der Waals surface area contributed by atoms with Crippen LogP contribution in [0, 0.1) is 0 Å². The molecule has 0 saturated carbocycles. The Hall–Kier alpha value is -0.210. The lowest BCUT2D eigenvalue weighted by atomic mass is 10.1. The minimum atomic E-state index is 0. The van der Waals surface area contributed by atoms with Crippen LogP contribution in [0.5, 0.6) is 0 Å². The van der Waals surface area contributed by atoms with Gasteiger partial charge in [-0.2, -0.15) is 0 Å². The van der Waals surface area contributed by atoms with Gasteiger partial charge in [0.15, 0.2) is 0 Å². The second-order valence-electron chi connectivity index (χ2n) is 7.02. The molecule has 0 aromatic heterocycles. The first-order chi connectivity index (χ1) is 11.1. The zero-order chi connectivity index (χ0) is 17.4. The van der Waals surface area contributed by atoms with Gasteiger partial charge in [-0.05, 0) is 27.2 Å². The number of halogens is 1. The molecular weight excluding hydrogens is 318 g/mol. The molecule has 0 N–H and O–H groups in total. The number of nitrogens with zero attached hydrogens (tertiary/aromatic N) is 1. The van der Waals surface area contributed by atoms with Gasteiger partial charge < -0.3 is 21.6 Å². The van der Waals surface area contributed by atoms with Gasteiger partial charge in [0.25, 0.3) is 0 Å². The van der Waals surface area contributed by atoms with Crippen molar-refractivity contribution >= 4 is 0 Å². The van der Waals surface area contributed by atoms with Crippen LogP contribution in [0.3, 0.4) is 0 Å². The first-order valence-electron chi connectivity index (χ1n) is 10.3. The van der Waals surface area contributed by atoms with Crippen LogP contribution in [0.4, 0.5) is 0 Å². The molecule has 0 aromatic carbocycles. The molecule has 0 amide bonds. The van der Waals surface area contributed by atoms with Gasteiger partial charge in [0, 0.05) is 0 Å². The van der Waals surface area contributed by atoms with E-state index in [1.54, 1.807) is 0 Å². The Morgan fingerprint density at radius 1 is 0.708 bits per heavy atom. The van der Waals surface area contributed by atoms with E-state index in [4.69, 9.17) is 4.74 Å². The second kappa shape index (κ2) is 17.6. The summed E-state index contributed by atoms with van der Waals surface area (Å²) < 4.78 is 6.96. The molecular formula is C21H44ClNO. The predicted molar refractivity (Wildman–Crippen MR) is 104 cm³/mol. The molecule has 0 heterocycles. The van der Waals surface area contributed by atoms with E-state index in [1.165, 1.54) is 64.2 Å². The van der Waals surface area contributed by atoms with E-state index in [9.17, 15) is 0 Å². The predicted octanol–water partition coefficient (Wildman–Crippen LogP) is 3.32. The Balaban J connectivity index is 0. The van der Waals surface area contributed by atoms with Crippen molar-refractivity contribution in [3.8, 4) is 0 Å². The highest BCUT2D eigenvalue weighted by molar-refractivity contribution is 4.82. The fourth-order valence-corrected chi connectivity index (χ4v) is 3.23. The van der Waals surface area contributed by atoms with Gasteiger partial charge in [0.2, 0.25) is 0 Å². The van der Waals surface area contributed by atoms with E-state index >= 15 is 0 Å². The van der Waals surface area contributed by atoms with E-state index in [-0.39, 0.29) is 12.4 Å². The van der Waals surface area contributed by atoms with Crippen molar-refractivity contribution in [2.45, 2.75) is 91.9 Å². The van der Waals surface area contributed by atoms with Gasteiger partial charge in [-0.25, -0.2) is 0 Å². The Kier molecular flexibility index (Phi) is 19.1. The molecule has 3 heteroatoms. The van der Waals surface area contributed by atoms with Crippen LogP contribution in [0.1, 0.15) is 91.9 Å². The summed E-state index contributed by atoms with van der Waals surface area (Å²) in [4.78, 5) is 0. The lowest BCUT2D eigenvalue weighted by molar-refractivity contribution is -0.920. The van der Waals surface area contributed by atoms with Crippen molar-refractivity contribution in [1.82, 2.24) is 0 Å². The topological polar surface area (TPSA) is 9.23 Å². The highest BCUT2D eigenvalue weighted by atomic mass is 35.5. The smallest absolute Gasteiger partial charge is 0.143 e. The third kappa shape index (κ3) is 13.1. The zero-order valence-electron chi connectivity index (χ0n) is 17.0. The normalized spacial score (nSPS) is 11.2. The average molecular weight is 362 g/mol. The van der Waals surface area contributed by atoms with Crippen LogP contribution in [-0.4, -0.2) is 37.3 Å². The lowest BCUT2D eigenvalue weighted by Gasteiger charge is -2.36. The van der Waals surface area contributed by atoms with Crippen LogP contribution >= 0.6 is 0 Å². The Morgan fingerprint density at radius 2 is 1.12 bits per heavy atom. The molecule has 146 valence electrons. The first-order valence-corrected chi connectivity index (χ1v) is 10.3. The average Bonchev–Trinajstić information content (AvgIpc) is 2.57. The fourth-order valence-electron chi connectivity index (χ4n) is 3.23. The molecule has 0 aliphatic heterocycles. The Morgan fingerprint density at radius 3 is 1.54 bits per heavy atom. The van der Waals surface area contributed by atoms with Crippen molar-refractivity contribution < 1.29 is 21.6 Å². The number of quaternary nitrogens is 1. The third-order valence-corrected chi connectivity index (χ3v) is 5.33. The van der Waals surface area contributed by atoms with Gasteiger partial charge >= 0.3 is 0 Å². The highest BCUT2D eigenvalue weighted by Crippen LogP contribution is 2.13. The lowest BCUT2D eigenvalue weighted by Crippen LogP contribution is -3.00. The molecule has 0 saturated heterocycles. The molecule has 0 atom stereocenters. The number of rotatable bonds is 17. The molecule has 0 aliphatic rings. The zero-order valence-corrected chi connectivity index (χ0v) is 17.8. The van der Waals surface area contributed by atoms with E-state index in [0.717, 1.165) is 43.0 Å². The number of ether oxygens (including phenoxy) is 1. The maximum absolute atomic E-state index is 5.86. The summed E-state index contributed by atoms with van der Waals surface area (Å²) in [6.45, 7) is 18.5. The van der Waals surface area contributed by atoms with E-state index < -0.39 is 0 Å². The van der Waals surface area contributed by atoms with E-state index in [2.05, 4.69) is 34.3 Å². The van der Waals surface area contributed by atoms with Crippen LogP contribution < -0.4 is 12.4 Å². The number of likely N-dealkylation sites (N-methyl/N-ethyl adjacent to an activating group) is 1. The van der Waals surface area contributed by atoms with Gasteiger partial charge in [-0.3, -0.25) is 0 Å². The number of unbranched alkanes of at least 4 members (excludes halogenated alkanes) is 9. The van der Waals surface area contributed by atoms with Gasteiger partial charge in [0.1, 0.15) is 12.3 Å². The van der Waals surface area contributed by atoms with Crippen molar-refractivity contribution in [1.29, 1.82) is 0 Å². The first kappa shape index (κ1) is 26.0. The summed E-state index contributed by atoms with van der Waals surface area (Å²) in [5.74, 6) is 0.978. The van der Waals surface area contributed by atoms with Crippen LogP contribution in [-0.2, 0) is 4.74 Å². The Bertz CT molecular complexity index is 269. The van der Waals surface area contributed by atoms with E-state index in [0.29, 0.717) is 0 Å². The molecule has 0 fully saturated rings. The molecule has 0 aliphatic carbocycles. The fraction of sp³-hybridized carbons (Fsp3) is 0.905.